The lowest BCUT2D eigenvalue weighted by molar-refractivity contribution is 0.0944. The van der Waals surface area contributed by atoms with Crippen LogP contribution in [-0.2, 0) is 0 Å². The van der Waals surface area contributed by atoms with Crippen molar-refractivity contribution < 1.29 is 9.21 Å². The van der Waals surface area contributed by atoms with E-state index in [9.17, 15) is 4.79 Å². The number of hydrogen-bond donors (Lipinski definition) is 2. The van der Waals surface area contributed by atoms with Crippen LogP contribution in [-0.4, -0.2) is 42.0 Å². The molecular weight excluding hydrogens is 256 g/mol. The number of amides is 1. The average molecular weight is 280 g/mol. The van der Waals surface area contributed by atoms with Gasteiger partial charge in [-0.3, -0.25) is 4.79 Å². The van der Waals surface area contributed by atoms with Crippen LogP contribution in [0.15, 0.2) is 10.7 Å². The van der Waals surface area contributed by atoms with Crippen LogP contribution in [0.25, 0.3) is 0 Å². The Morgan fingerprint density at radius 3 is 2.85 bits per heavy atom. The van der Waals surface area contributed by atoms with E-state index < -0.39 is 0 Å². The third kappa shape index (κ3) is 3.80. The van der Waals surface area contributed by atoms with Gasteiger partial charge in [0.1, 0.15) is 6.26 Å². The molecular formula is C14H24N4O2. The second-order valence-electron chi connectivity index (χ2n) is 5.65. The maximum absolute atomic E-state index is 11.9. The first-order chi connectivity index (χ1) is 9.58. The number of rotatable bonds is 6. The summed E-state index contributed by atoms with van der Waals surface area (Å²) in [6.07, 6.45) is 3.89. The zero-order valence-corrected chi connectivity index (χ0v) is 12.3. The molecule has 1 saturated heterocycles. The van der Waals surface area contributed by atoms with Crippen molar-refractivity contribution in [2.45, 2.75) is 32.7 Å². The molecule has 1 aliphatic rings. The average Bonchev–Trinajstić information content (AvgIpc) is 3.08. The molecule has 6 nitrogen and oxygen atoms in total. The van der Waals surface area contributed by atoms with Crippen LogP contribution in [0.1, 0.15) is 49.1 Å². The van der Waals surface area contributed by atoms with Gasteiger partial charge in [0.05, 0.1) is 6.04 Å². The molecule has 6 heteroatoms. The number of nitrogens with zero attached hydrogens (tertiary/aromatic N) is 2. The van der Waals surface area contributed by atoms with Crippen molar-refractivity contribution in [2.24, 2.45) is 11.7 Å². The molecule has 0 aromatic carbocycles. The molecule has 0 bridgehead atoms. The Morgan fingerprint density at radius 1 is 1.50 bits per heavy atom. The second kappa shape index (κ2) is 6.85. The number of aromatic nitrogens is 1. The van der Waals surface area contributed by atoms with Gasteiger partial charge in [-0.2, -0.15) is 0 Å². The molecule has 0 saturated carbocycles. The summed E-state index contributed by atoms with van der Waals surface area (Å²) in [6.45, 7) is 7.77. The van der Waals surface area contributed by atoms with E-state index in [0.717, 1.165) is 19.6 Å². The molecule has 1 fully saturated rings. The number of carbonyl (C=O) groups is 1. The summed E-state index contributed by atoms with van der Waals surface area (Å²) in [5, 5.41) is 2.86. The molecule has 1 unspecified atom stereocenters. The van der Waals surface area contributed by atoms with Crippen molar-refractivity contribution in [3.8, 4) is 0 Å². The van der Waals surface area contributed by atoms with Gasteiger partial charge < -0.3 is 20.4 Å². The van der Waals surface area contributed by atoms with Crippen molar-refractivity contribution >= 4 is 5.91 Å². The first-order valence-corrected chi connectivity index (χ1v) is 7.29. The summed E-state index contributed by atoms with van der Waals surface area (Å²) >= 11 is 0. The maximum Gasteiger partial charge on any atom is 0.273 e. The lowest BCUT2D eigenvalue weighted by atomic mass is 10.1. The van der Waals surface area contributed by atoms with Crippen molar-refractivity contribution in [1.29, 1.82) is 0 Å². The van der Waals surface area contributed by atoms with Gasteiger partial charge in [-0.1, -0.05) is 13.8 Å². The zero-order chi connectivity index (χ0) is 14.5. The fourth-order valence-electron chi connectivity index (χ4n) is 2.25. The molecule has 0 spiro atoms. The normalized spacial score (nSPS) is 17.6. The minimum absolute atomic E-state index is 0.199. The minimum atomic E-state index is -0.277. The zero-order valence-electron chi connectivity index (χ0n) is 12.3. The Morgan fingerprint density at radius 2 is 2.20 bits per heavy atom. The summed E-state index contributed by atoms with van der Waals surface area (Å²) in [6, 6.07) is -0.277. The molecule has 0 aliphatic carbocycles. The second-order valence-corrected chi connectivity index (χ2v) is 5.65. The van der Waals surface area contributed by atoms with E-state index in [2.05, 4.69) is 15.2 Å². The van der Waals surface area contributed by atoms with E-state index >= 15 is 0 Å². The van der Waals surface area contributed by atoms with E-state index in [-0.39, 0.29) is 17.9 Å². The summed E-state index contributed by atoms with van der Waals surface area (Å²) in [5.74, 6) is 0.444. The van der Waals surface area contributed by atoms with Gasteiger partial charge in [-0.05, 0) is 31.8 Å². The highest BCUT2D eigenvalue weighted by atomic mass is 16.3. The van der Waals surface area contributed by atoms with Crippen LogP contribution >= 0.6 is 0 Å². The minimum Gasteiger partial charge on any atom is -0.446 e. The predicted octanol–water partition coefficient (Wildman–Crippen LogP) is 1.16. The number of hydrogen-bond acceptors (Lipinski definition) is 5. The smallest absolute Gasteiger partial charge is 0.273 e. The van der Waals surface area contributed by atoms with Gasteiger partial charge in [-0.15, -0.1) is 0 Å². The standard InChI is InChI=1S/C14H24N4O2/c1-10(2)12(15)14-17-11(9-20-14)13(19)16-5-8-18-6-3-4-7-18/h9-10,12H,3-8,15H2,1-2H3,(H,16,19). The molecule has 3 N–H and O–H groups in total. The van der Waals surface area contributed by atoms with Crippen LogP contribution in [0.3, 0.4) is 0 Å². The van der Waals surface area contributed by atoms with Crippen LogP contribution in [0.2, 0.25) is 0 Å². The Kier molecular flexibility index (Phi) is 5.14. The lowest BCUT2D eigenvalue weighted by Crippen LogP contribution is -2.33. The molecule has 1 aliphatic heterocycles. The van der Waals surface area contributed by atoms with Gasteiger partial charge in [0.25, 0.3) is 5.91 Å². The highest BCUT2D eigenvalue weighted by molar-refractivity contribution is 5.91. The third-order valence-electron chi connectivity index (χ3n) is 3.67. The highest BCUT2D eigenvalue weighted by Gasteiger charge is 2.19. The molecule has 1 aromatic rings. The van der Waals surface area contributed by atoms with Gasteiger partial charge >= 0.3 is 0 Å². The molecule has 1 aromatic heterocycles. The fourth-order valence-corrected chi connectivity index (χ4v) is 2.25. The molecule has 1 amide bonds. The van der Waals surface area contributed by atoms with E-state index in [4.69, 9.17) is 10.2 Å². The topological polar surface area (TPSA) is 84.4 Å². The van der Waals surface area contributed by atoms with Gasteiger partial charge in [0.2, 0.25) is 5.89 Å². The van der Waals surface area contributed by atoms with Gasteiger partial charge in [-0.25, -0.2) is 4.98 Å². The van der Waals surface area contributed by atoms with Crippen LogP contribution in [0.4, 0.5) is 0 Å². The molecule has 1 atom stereocenters. The van der Waals surface area contributed by atoms with Gasteiger partial charge in [0, 0.05) is 13.1 Å². The Balaban J connectivity index is 1.80. The molecule has 2 rings (SSSR count). The van der Waals surface area contributed by atoms with Crippen LogP contribution in [0.5, 0.6) is 0 Å². The monoisotopic (exact) mass is 280 g/mol. The Labute approximate surface area is 119 Å². The number of nitrogens with one attached hydrogen (secondary N) is 1. The number of oxazole rings is 1. The summed E-state index contributed by atoms with van der Waals surface area (Å²) in [4.78, 5) is 18.4. The highest BCUT2D eigenvalue weighted by Crippen LogP contribution is 2.17. The van der Waals surface area contributed by atoms with Gasteiger partial charge in [0.15, 0.2) is 5.69 Å². The van der Waals surface area contributed by atoms with E-state index in [1.54, 1.807) is 0 Å². The van der Waals surface area contributed by atoms with E-state index in [1.165, 1.54) is 19.1 Å². The third-order valence-corrected chi connectivity index (χ3v) is 3.67. The first-order valence-electron chi connectivity index (χ1n) is 7.29. The Bertz CT molecular complexity index is 438. The first kappa shape index (κ1) is 15.0. The Hall–Kier alpha value is -1.40. The predicted molar refractivity (Wildman–Crippen MR) is 76.3 cm³/mol. The van der Waals surface area contributed by atoms with Crippen LogP contribution in [0, 0.1) is 5.92 Å². The van der Waals surface area contributed by atoms with E-state index in [1.807, 2.05) is 13.8 Å². The SMILES string of the molecule is CC(C)C(N)c1nc(C(=O)NCCN2CCCC2)co1. The number of likely N-dealkylation sites (tertiary alicyclic amines) is 1. The quantitative estimate of drug-likeness (QED) is 0.816. The summed E-state index contributed by atoms with van der Waals surface area (Å²) in [7, 11) is 0. The van der Waals surface area contributed by atoms with E-state index in [0.29, 0.717) is 18.1 Å². The lowest BCUT2D eigenvalue weighted by Gasteiger charge is -2.14. The maximum atomic E-state index is 11.9. The largest absolute Gasteiger partial charge is 0.446 e. The van der Waals surface area contributed by atoms with Crippen molar-refractivity contribution in [1.82, 2.24) is 15.2 Å². The fraction of sp³-hybridized carbons (Fsp3) is 0.714. The molecule has 112 valence electrons. The molecule has 20 heavy (non-hydrogen) atoms. The van der Waals surface area contributed by atoms with Crippen molar-refractivity contribution in [3.05, 3.63) is 17.8 Å². The summed E-state index contributed by atoms with van der Waals surface area (Å²) < 4.78 is 5.28. The summed E-state index contributed by atoms with van der Waals surface area (Å²) in [5.41, 5.74) is 6.24. The molecule has 0 radical (unpaired) electrons. The molecule has 2 heterocycles. The van der Waals surface area contributed by atoms with Crippen molar-refractivity contribution in [2.75, 3.05) is 26.2 Å². The number of nitrogens with two attached hydrogens (primary N) is 1. The van der Waals surface area contributed by atoms with Crippen molar-refractivity contribution in [3.63, 3.8) is 0 Å². The van der Waals surface area contributed by atoms with Crippen LogP contribution < -0.4 is 11.1 Å². The number of carbonyl (C=O) groups excluding carboxylic acids is 1.